The molecule has 3 aromatic rings. The highest BCUT2D eigenvalue weighted by molar-refractivity contribution is 6.05. The van der Waals surface area contributed by atoms with Crippen molar-refractivity contribution in [2.45, 2.75) is 44.6 Å². The summed E-state index contributed by atoms with van der Waals surface area (Å²) in [7, 11) is 0. The fourth-order valence-electron chi connectivity index (χ4n) is 4.41. The Morgan fingerprint density at radius 3 is 2.78 bits per heavy atom. The van der Waals surface area contributed by atoms with Gasteiger partial charge in [-0.05, 0) is 74.9 Å². The zero-order valence-electron chi connectivity index (χ0n) is 17.9. The summed E-state index contributed by atoms with van der Waals surface area (Å²) in [5.74, 6) is 0.0457. The lowest BCUT2D eigenvalue weighted by Crippen LogP contribution is -2.26. The van der Waals surface area contributed by atoms with E-state index in [0.717, 1.165) is 62.1 Å². The number of nitrogens with zero attached hydrogens (tertiary/aromatic N) is 2. The van der Waals surface area contributed by atoms with Gasteiger partial charge >= 0.3 is 0 Å². The van der Waals surface area contributed by atoms with Crippen LogP contribution in [0, 0.1) is 5.82 Å². The fraction of sp³-hybridized carbons (Fsp3) is 0.360. The highest BCUT2D eigenvalue weighted by atomic mass is 19.1. The van der Waals surface area contributed by atoms with Crippen molar-refractivity contribution in [2.24, 2.45) is 0 Å². The maximum absolute atomic E-state index is 13.4. The minimum atomic E-state index is -0.300. The van der Waals surface area contributed by atoms with Gasteiger partial charge in [0.2, 0.25) is 0 Å². The van der Waals surface area contributed by atoms with Gasteiger partial charge in [-0.2, -0.15) is 5.10 Å². The molecule has 2 heterocycles. The number of nitrogens with one attached hydrogen (secondary N) is 1. The first-order chi connectivity index (χ1) is 15.7. The van der Waals surface area contributed by atoms with Crippen molar-refractivity contribution in [1.29, 1.82) is 0 Å². The Hall–Kier alpha value is -3.19. The number of ether oxygens (including phenoxy) is 2. The minimum absolute atomic E-state index is 0.0854. The minimum Gasteiger partial charge on any atom is -0.489 e. The second-order valence-electron chi connectivity index (χ2n) is 8.27. The van der Waals surface area contributed by atoms with Gasteiger partial charge in [0.05, 0.1) is 17.5 Å². The lowest BCUT2D eigenvalue weighted by atomic mass is 10.1. The van der Waals surface area contributed by atoms with Gasteiger partial charge < -0.3 is 14.8 Å². The Kier molecular flexibility index (Phi) is 5.90. The fourth-order valence-corrected chi connectivity index (χ4v) is 4.41. The number of para-hydroxylation sites is 2. The van der Waals surface area contributed by atoms with E-state index in [4.69, 9.17) is 9.47 Å². The number of fused-ring (bicyclic) bond motifs is 1. The van der Waals surface area contributed by atoms with Gasteiger partial charge in [0, 0.05) is 17.9 Å². The first kappa shape index (κ1) is 20.7. The number of hydrogen-bond donors (Lipinski definition) is 1. The van der Waals surface area contributed by atoms with Crippen LogP contribution in [-0.4, -0.2) is 35.0 Å². The Morgan fingerprint density at radius 2 is 1.97 bits per heavy atom. The standard InChI is InChI=1S/C25H26FN3O3/c26-17-11-13-18(14-12-17)29-22-9-5-7-20(22)24(28-29)25(30)27-21-8-1-2-10-23(21)32-16-19-6-3-4-15-31-19/h1-2,8,10-14,19H,3-7,9,15-16H2,(H,27,30). The molecule has 1 fully saturated rings. The van der Waals surface area contributed by atoms with E-state index in [-0.39, 0.29) is 17.8 Å². The molecule has 1 aliphatic carbocycles. The van der Waals surface area contributed by atoms with Crippen LogP contribution in [0.5, 0.6) is 5.75 Å². The molecule has 0 radical (unpaired) electrons. The number of rotatable bonds is 6. The molecular weight excluding hydrogens is 409 g/mol. The van der Waals surface area contributed by atoms with E-state index in [1.165, 1.54) is 12.1 Å². The van der Waals surface area contributed by atoms with Crippen LogP contribution in [0.4, 0.5) is 10.1 Å². The normalized spacial score (nSPS) is 17.7. The number of anilines is 1. The lowest BCUT2D eigenvalue weighted by Gasteiger charge is -2.23. The van der Waals surface area contributed by atoms with Gasteiger partial charge in [-0.25, -0.2) is 9.07 Å². The van der Waals surface area contributed by atoms with Crippen LogP contribution in [-0.2, 0) is 17.6 Å². The van der Waals surface area contributed by atoms with Crippen LogP contribution < -0.4 is 10.1 Å². The molecule has 2 aromatic carbocycles. The number of carbonyl (C=O) groups excluding carboxylic acids is 1. The van der Waals surface area contributed by atoms with Crippen LogP contribution in [0.2, 0.25) is 0 Å². The van der Waals surface area contributed by atoms with Crippen LogP contribution in [0.15, 0.2) is 48.5 Å². The second-order valence-corrected chi connectivity index (χ2v) is 8.27. The summed E-state index contributed by atoms with van der Waals surface area (Å²) in [4.78, 5) is 13.2. The van der Waals surface area contributed by atoms with Gasteiger partial charge in [-0.3, -0.25) is 4.79 Å². The third kappa shape index (κ3) is 4.25. The number of aromatic nitrogens is 2. The highest BCUT2D eigenvalue weighted by Crippen LogP contribution is 2.30. The molecule has 1 atom stereocenters. The van der Waals surface area contributed by atoms with Gasteiger partial charge in [-0.1, -0.05) is 12.1 Å². The Balaban J connectivity index is 1.36. The van der Waals surface area contributed by atoms with Crippen molar-refractivity contribution < 1.29 is 18.7 Å². The third-order valence-electron chi connectivity index (χ3n) is 6.05. The predicted octanol–water partition coefficient (Wildman–Crippen LogP) is 4.70. The van der Waals surface area contributed by atoms with E-state index in [2.05, 4.69) is 10.4 Å². The van der Waals surface area contributed by atoms with Gasteiger partial charge in [0.15, 0.2) is 5.69 Å². The molecule has 1 aliphatic heterocycles. The summed E-state index contributed by atoms with van der Waals surface area (Å²) in [6.07, 6.45) is 5.93. The van der Waals surface area contributed by atoms with E-state index in [1.54, 1.807) is 16.8 Å². The molecule has 5 rings (SSSR count). The molecule has 166 valence electrons. The topological polar surface area (TPSA) is 65.4 Å². The largest absolute Gasteiger partial charge is 0.489 e. The van der Waals surface area contributed by atoms with Crippen LogP contribution in [0.25, 0.3) is 5.69 Å². The molecular formula is C25H26FN3O3. The predicted molar refractivity (Wildman–Crippen MR) is 119 cm³/mol. The van der Waals surface area contributed by atoms with E-state index >= 15 is 0 Å². The maximum Gasteiger partial charge on any atom is 0.276 e. The van der Waals surface area contributed by atoms with Crippen LogP contribution >= 0.6 is 0 Å². The molecule has 1 aromatic heterocycles. The monoisotopic (exact) mass is 435 g/mol. The van der Waals surface area contributed by atoms with Gasteiger partial charge in [0.1, 0.15) is 18.2 Å². The molecule has 1 amide bonds. The number of benzene rings is 2. The Bertz CT molecular complexity index is 1100. The summed E-state index contributed by atoms with van der Waals surface area (Å²) < 4.78 is 26.9. The average Bonchev–Trinajstić information content (AvgIpc) is 3.43. The SMILES string of the molecule is O=C(Nc1ccccc1OCC1CCCCO1)c1nn(-c2ccc(F)cc2)c2c1CCC2. The second kappa shape index (κ2) is 9.12. The molecule has 32 heavy (non-hydrogen) atoms. The number of halogens is 1. The molecule has 0 bridgehead atoms. The Labute approximate surface area is 186 Å². The maximum atomic E-state index is 13.4. The molecule has 1 N–H and O–H groups in total. The summed E-state index contributed by atoms with van der Waals surface area (Å²) in [5.41, 5.74) is 3.74. The number of hydrogen-bond acceptors (Lipinski definition) is 4. The molecule has 0 spiro atoms. The molecule has 6 nitrogen and oxygen atoms in total. The zero-order valence-corrected chi connectivity index (χ0v) is 17.9. The number of carbonyl (C=O) groups is 1. The molecule has 0 saturated carbocycles. The van der Waals surface area contributed by atoms with Crippen LogP contribution in [0.1, 0.15) is 47.4 Å². The quantitative estimate of drug-likeness (QED) is 0.610. The van der Waals surface area contributed by atoms with Gasteiger partial charge in [-0.15, -0.1) is 0 Å². The zero-order chi connectivity index (χ0) is 21.9. The summed E-state index contributed by atoms with van der Waals surface area (Å²) in [6, 6.07) is 13.6. The van der Waals surface area contributed by atoms with Gasteiger partial charge in [0.25, 0.3) is 5.91 Å². The van der Waals surface area contributed by atoms with Crippen molar-refractivity contribution in [3.8, 4) is 11.4 Å². The summed E-state index contributed by atoms with van der Waals surface area (Å²) in [5, 5.41) is 7.58. The first-order valence-electron chi connectivity index (χ1n) is 11.2. The van der Waals surface area contributed by atoms with Crippen molar-refractivity contribution in [1.82, 2.24) is 9.78 Å². The van der Waals surface area contributed by atoms with E-state index in [0.29, 0.717) is 23.7 Å². The summed E-state index contributed by atoms with van der Waals surface area (Å²) in [6.45, 7) is 1.23. The van der Waals surface area contributed by atoms with E-state index in [9.17, 15) is 9.18 Å². The smallest absolute Gasteiger partial charge is 0.276 e. The van der Waals surface area contributed by atoms with Crippen molar-refractivity contribution in [3.63, 3.8) is 0 Å². The number of amides is 1. The first-order valence-corrected chi connectivity index (χ1v) is 11.2. The third-order valence-corrected chi connectivity index (χ3v) is 6.05. The average molecular weight is 435 g/mol. The lowest BCUT2D eigenvalue weighted by molar-refractivity contribution is -0.0109. The molecule has 2 aliphatic rings. The van der Waals surface area contributed by atoms with E-state index < -0.39 is 0 Å². The Morgan fingerprint density at radius 1 is 1.12 bits per heavy atom. The molecule has 1 saturated heterocycles. The van der Waals surface area contributed by atoms with Crippen molar-refractivity contribution in [3.05, 3.63) is 71.3 Å². The van der Waals surface area contributed by atoms with E-state index in [1.807, 2.05) is 24.3 Å². The van der Waals surface area contributed by atoms with Crippen LogP contribution in [0.3, 0.4) is 0 Å². The summed E-state index contributed by atoms with van der Waals surface area (Å²) >= 11 is 0. The van der Waals surface area contributed by atoms with Crippen molar-refractivity contribution >= 4 is 11.6 Å². The highest BCUT2D eigenvalue weighted by Gasteiger charge is 2.27. The van der Waals surface area contributed by atoms with Crippen molar-refractivity contribution in [2.75, 3.05) is 18.5 Å². The molecule has 7 heteroatoms. The molecule has 1 unspecified atom stereocenters.